The lowest BCUT2D eigenvalue weighted by Crippen LogP contribution is -2.13. The van der Waals surface area contributed by atoms with Gasteiger partial charge in [-0.05, 0) is 31.0 Å². The van der Waals surface area contributed by atoms with E-state index in [1.165, 1.54) is 23.1 Å². The minimum absolute atomic E-state index is 0.00341. The van der Waals surface area contributed by atoms with Crippen molar-refractivity contribution in [3.8, 4) is 0 Å². The Morgan fingerprint density at radius 1 is 1.40 bits per heavy atom. The Labute approximate surface area is 126 Å². The van der Waals surface area contributed by atoms with Gasteiger partial charge in [0.1, 0.15) is 0 Å². The fraction of sp³-hybridized carbons (Fsp3) is 0.308. The van der Waals surface area contributed by atoms with Crippen molar-refractivity contribution in [3.05, 3.63) is 29.3 Å². The first-order valence-corrected chi connectivity index (χ1v) is 7.93. The van der Waals surface area contributed by atoms with E-state index in [-0.39, 0.29) is 5.91 Å². The van der Waals surface area contributed by atoms with E-state index in [9.17, 15) is 4.79 Å². The van der Waals surface area contributed by atoms with Gasteiger partial charge in [-0.25, -0.2) is 0 Å². The number of aryl methyl sites for hydroxylation is 2. The Bertz CT molecular complexity index is 612. The number of nitrogen functional groups attached to an aromatic ring is 1. The van der Waals surface area contributed by atoms with Gasteiger partial charge in [-0.15, -0.1) is 10.2 Å². The summed E-state index contributed by atoms with van der Waals surface area (Å²) in [5.74, 6) is 0.661. The average molecular weight is 308 g/mol. The molecular weight excluding hydrogens is 292 g/mol. The molecule has 0 fully saturated rings. The number of aromatic nitrogens is 2. The largest absolute Gasteiger partial charge is 0.374 e. The van der Waals surface area contributed by atoms with Gasteiger partial charge in [-0.1, -0.05) is 35.2 Å². The standard InChI is InChI=1S/C13H16N4OS2/c1-8-3-4-9(2)10(7-8)15-11(18)5-6-19-13-17-16-12(14)20-13/h3-4,7H,5-6H2,1-2H3,(H2,14,16)(H,15,18). The lowest BCUT2D eigenvalue weighted by Gasteiger charge is -2.08. The molecule has 1 heterocycles. The van der Waals surface area contributed by atoms with Crippen LogP contribution in [-0.4, -0.2) is 21.9 Å². The van der Waals surface area contributed by atoms with Crippen LogP contribution in [0.2, 0.25) is 0 Å². The molecule has 7 heteroatoms. The summed E-state index contributed by atoms with van der Waals surface area (Å²) in [4.78, 5) is 11.9. The first-order chi connectivity index (χ1) is 9.54. The number of hydrogen-bond acceptors (Lipinski definition) is 6. The Morgan fingerprint density at radius 3 is 2.90 bits per heavy atom. The van der Waals surface area contributed by atoms with Crippen LogP contribution in [0.1, 0.15) is 17.5 Å². The average Bonchev–Trinajstić information content (AvgIpc) is 2.80. The van der Waals surface area contributed by atoms with Crippen molar-refractivity contribution in [2.45, 2.75) is 24.6 Å². The molecule has 0 radical (unpaired) electrons. The van der Waals surface area contributed by atoms with Gasteiger partial charge in [0, 0.05) is 17.9 Å². The predicted molar refractivity (Wildman–Crippen MR) is 84.2 cm³/mol. The minimum Gasteiger partial charge on any atom is -0.374 e. The summed E-state index contributed by atoms with van der Waals surface area (Å²) in [7, 11) is 0. The fourth-order valence-electron chi connectivity index (χ4n) is 1.59. The van der Waals surface area contributed by atoms with Crippen LogP contribution in [0.3, 0.4) is 0 Å². The Kier molecular flexibility index (Phi) is 4.97. The number of carbonyl (C=O) groups is 1. The predicted octanol–water partition coefficient (Wildman–Crippen LogP) is 2.86. The second kappa shape index (κ2) is 6.71. The number of nitrogens with zero attached hydrogens (tertiary/aromatic N) is 2. The molecule has 1 amide bonds. The normalized spacial score (nSPS) is 10.5. The quantitative estimate of drug-likeness (QED) is 0.830. The number of amides is 1. The molecule has 0 spiro atoms. The van der Waals surface area contributed by atoms with Gasteiger partial charge >= 0.3 is 0 Å². The molecule has 5 nitrogen and oxygen atoms in total. The number of carbonyl (C=O) groups excluding carboxylic acids is 1. The van der Waals surface area contributed by atoms with Gasteiger partial charge in [0.15, 0.2) is 4.34 Å². The third kappa shape index (κ3) is 4.21. The molecular formula is C13H16N4OS2. The molecule has 2 aromatic rings. The van der Waals surface area contributed by atoms with E-state index in [0.29, 0.717) is 17.3 Å². The van der Waals surface area contributed by atoms with E-state index in [0.717, 1.165) is 21.2 Å². The molecule has 3 N–H and O–H groups in total. The summed E-state index contributed by atoms with van der Waals surface area (Å²) >= 11 is 2.83. The molecule has 0 bridgehead atoms. The number of nitrogens with two attached hydrogens (primary N) is 1. The maximum Gasteiger partial charge on any atom is 0.225 e. The first kappa shape index (κ1) is 14.8. The molecule has 0 saturated carbocycles. The smallest absolute Gasteiger partial charge is 0.225 e. The second-order valence-electron chi connectivity index (χ2n) is 4.37. The Morgan fingerprint density at radius 2 is 2.20 bits per heavy atom. The fourth-order valence-corrected chi connectivity index (χ4v) is 3.24. The van der Waals surface area contributed by atoms with Crippen LogP contribution < -0.4 is 11.1 Å². The molecule has 0 aliphatic rings. The third-order valence-corrected chi connectivity index (χ3v) is 4.53. The van der Waals surface area contributed by atoms with Crippen LogP contribution in [-0.2, 0) is 4.79 Å². The van der Waals surface area contributed by atoms with E-state index in [1.807, 2.05) is 32.0 Å². The molecule has 0 saturated heterocycles. The van der Waals surface area contributed by atoms with Gasteiger partial charge < -0.3 is 11.1 Å². The number of benzene rings is 1. The van der Waals surface area contributed by atoms with Crippen molar-refractivity contribution in [3.63, 3.8) is 0 Å². The minimum atomic E-state index is 0.00341. The van der Waals surface area contributed by atoms with Crippen LogP contribution in [0.15, 0.2) is 22.5 Å². The zero-order chi connectivity index (χ0) is 14.5. The lowest BCUT2D eigenvalue weighted by molar-refractivity contribution is -0.115. The van der Waals surface area contributed by atoms with Gasteiger partial charge in [0.2, 0.25) is 11.0 Å². The Hall–Kier alpha value is -1.60. The number of thioether (sulfide) groups is 1. The van der Waals surface area contributed by atoms with Crippen LogP contribution in [0.5, 0.6) is 0 Å². The van der Waals surface area contributed by atoms with Crippen molar-refractivity contribution >= 4 is 39.8 Å². The van der Waals surface area contributed by atoms with Crippen molar-refractivity contribution in [2.24, 2.45) is 0 Å². The van der Waals surface area contributed by atoms with Gasteiger partial charge in [-0.2, -0.15) is 0 Å². The highest BCUT2D eigenvalue weighted by Gasteiger charge is 2.07. The van der Waals surface area contributed by atoms with Crippen LogP contribution in [0.25, 0.3) is 0 Å². The van der Waals surface area contributed by atoms with Crippen LogP contribution in [0.4, 0.5) is 10.8 Å². The number of hydrogen-bond donors (Lipinski definition) is 2. The molecule has 1 aromatic carbocycles. The molecule has 0 aliphatic heterocycles. The van der Waals surface area contributed by atoms with E-state index < -0.39 is 0 Å². The van der Waals surface area contributed by atoms with Crippen molar-refractivity contribution in [1.29, 1.82) is 0 Å². The zero-order valence-corrected chi connectivity index (χ0v) is 13.0. The van der Waals surface area contributed by atoms with Crippen molar-refractivity contribution < 1.29 is 4.79 Å². The molecule has 0 atom stereocenters. The maximum absolute atomic E-state index is 11.9. The van der Waals surface area contributed by atoms with Crippen LogP contribution >= 0.6 is 23.1 Å². The summed E-state index contributed by atoms with van der Waals surface area (Å²) in [5.41, 5.74) is 8.56. The summed E-state index contributed by atoms with van der Waals surface area (Å²) in [6.45, 7) is 3.98. The highest BCUT2D eigenvalue weighted by molar-refractivity contribution is 8.01. The zero-order valence-electron chi connectivity index (χ0n) is 11.3. The molecule has 20 heavy (non-hydrogen) atoms. The summed E-state index contributed by atoms with van der Waals surface area (Å²) in [5, 5.41) is 11.0. The molecule has 1 aromatic heterocycles. The summed E-state index contributed by atoms with van der Waals surface area (Å²) in [6, 6.07) is 6.01. The molecule has 2 rings (SSSR count). The number of anilines is 2. The lowest BCUT2D eigenvalue weighted by atomic mass is 10.1. The van der Waals surface area contributed by atoms with E-state index >= 15 is 0 Å². The van der Waals surface area contributed by atoms with E-state index in [1.54, 1.807) is 0 Å². The van der Waals surface area contributed by atoms with E-state index in [2.05, 4.69) is 15.5 Å². The van der Waals surface area contributed by atoms with E-state index in [4.69, 9.17) is 5.73 Å². The topological polar surface area (TPSA) is 80.9 Å². The van der Waals surface area contributed by atoms with Gasteiger partial charge in [0.25, 0.3) is 0 Å². The van der Waals surface area contributed by atoms with Gasteiger partial charge in [-0.3, -0.25) is 4.79 Å². The van der Waals surface area contributed by atoms with Crippen molar-refractivity contribution in [2.75, 3.05) is 16.8 Å². The maximum atomic E-state index is 11.9. The molecule has 106 valence electrons. The highest BCUT2D eigenvalue weighted by atomic mass is 32.2. The number of nitrogens with one attached hydrogen (secondary N) is 1. The number of rotatable bonds is 5. The monoisotopic (exact) mass is 308 g/mol. The van der Waals surface area contributed by atoms with Crippen LogP contribution in [0, 0.1) is 13.8 Å². The second-order valence-corrected chi connectivity index (χ2v) is 6.72. The Balaban J connectivity index is 1.82. The summed E-state index contributed by atoms with van der Waals surface area (Å²) < 4.78 is 0.794. The first-order valence-electron chi connectivity index (χ1n) is 6.13. The highest BCUT2D eigenvalue weighted by Crippen LogP contribution is 2.24. The van der Waals surface area contributed by atoms with Gasteiger partial charge in [0.05, 0.1) is 0 Å². The molecule has 0 unspecified atom stereocenters. The van der Waals surface area contributed by atoms with Crippen molar-refractivity contribution in [1.82, 2.24) is 10.2 Å². The third-order valence-electron chi connectivity index (χ3n) is 2.64. The molecule has 0 aliphatic carbocycles. The summed E-state index contributed by atoms with van der Waals surface area (Å²) in [6.07, 6.45) is 0.428. The SMILES string of the molecule is Cc1ccc(C)c(NC(=O)CCSc2nnc(N)s2)c1.